The van der Waals surface area contributed by atoms with Gasteiger partial charge in [0.1, 0.15) is 0 Å². The first-order valence-electron chi connectivity index (χ1n) is 8.65. The van der Waals surface area contributed by atoms with E-state index in [0.29, 0.717) is 31.7 Å². The average Bonchev–Trinajstić information content (AvgIpc) is 2.59. The third-order valence-electron chi connectivity index (χ3n) is 4.01. The Hall–Kier alpha value is -2.15. The van der Waals surface area contributed by atoms with Gasteiger partial charge in [0, 0.05) is 19.6 Å². The second-order valence-corrected chi connectivity index (χ2v) is 5.79. The van der Waals surface area contributed by atoms with Crippen molar-refractivity contribution in [2.45, 2.75) is 27.3 Å². The number of rotatable bonds is 10. The van der Waals surface area contributed by atoms with Gasteiger partial charge in [-0.05, 0) is 38.5 Å². The third kappa shape index (κ3) is 6.70. The van der Waals surface area contributed by atoms with Crippen molar-refractivity contribution in [1.82, 2.24) is 10.2 Å². The molecule has 140 valence electrons. The Balaban J connectivity index is 2.69. The number of likely N-dealkylation sites (N-methyl/N-ethyl adjacent to an activating group) is 3. The summed E-state index contributed by atoms with van der Waals surface area (Å²) in [6.45, 7) is 8.29. The number of halogens is 1. The zero-order valence-electron chi connectivity index (χ0n) is 15.5. The van der Waals surface area contributed by atoms with Gasteiger partial charge in [-0.2, -0.15) is 0 Å². The molecule has 0 aliphatic heterocycles. The average molecular weight is 354 g/mol. The molecule has 0 saturated heterocycles. The summed E-state index contributed by atoms with van der Waals surface area (Å²) in [6.07, 6.45) is 0. The van der Waals surface area contributed by atoms with Crippen LogP contribution >= 0.6 is 0 Å². The number of hydrogen-bond acceptors (Lipinski definition) is 3. The fraction of sp³-hybridized carbons (Fsp3) is 0.556. The minimum absolute atomic E-state index is 0.0557. The summed E-state index contributed by atoms with van der Waals surface area (Å²) < 4.78 is 18.7. The maximum atomic E-state index is 13.8. The molecule has 2 N–H and O–H groups in total. The van der Waals surface area contributed by atoms with Crippen molar-refractivity contribution in [1.29, 1.82) is 0 Å². The van der Waals surface area contributed by atoms with Gasteiger partial charge in [-0.25, -0.2) is 4.39 Å². The van der Waals surface area contributed by atoms with Gasteiger partial charge in [-0.15, -0.1) is 0 Å². The number of nitrogens with one attached hydrogen (secondary N) is 2. The summed E-state index contributed by atoms with van der Waals surface area (Å²) in [7, 11) is 1.41. The molecule has 1 aromatic rings. The second kappa shape index (κ2) is 10.7. The van der Waals surface area contributed by atoms with Crippen LogP contribution in [0.2, 0.25) is 0 Å². The van der Waals surface area contributed by atoms with E-state index in [1.807, 2.05) is 20.8 Å². The van der Waals surface area contributed by atoms with Gasteiger partial charge in [0.25, 0.3) is 11.8 Å². The number of hydrogen-bond donors (Lipinski definition) is 2. The summed E-state index contributed by atoms with van der Waals surface area (Å²) in [5.74, 6) is -0.380. The molecule has 0 fully saturated rings. The summed E-state index contributed by atoms with van der Waals surface area (Å²) in [5, 5.41) is 2.75. The monoisotopic (exact) mass is 354 g/mol. The van der Waals surface area contributed by atoms with Crippen molar-refractivity contribution in [3.63, 3.8) is 0 Å². The lowest BCUT2D eigenvalue weighted by Gasteiger charge is -2.24. The van der Waals surface area contributed by atoms with Gasteiger partial charge < -0.3 is 19.9 Å². The van der Waals surface area contributed by atoms with Crippen molar-refractivity contribution in [2.24, 2.45) is 0 Å². The molecule has 0 spiro atoms. The highest BCUT2D eigenvalue weighted by Gasteiger charge is 2.20. The highest BCUT2D eigenvalue weighted by molar-refractivity contribution is 5.79. The topological polar surface area (TPSA) is 63.1 Å². The van der Waals surface area contributed by atoms with Gasteiger partial charge >= 0.3 is 0 Å². The fourth-order valence-corrected chi connectivity index (χ4v) is 2.53. The molecule has 1 unspecified atom stereocenters. The summed E-state index contributed by atoms with van der Waals surface area (Å²) >= 11 is 0. The first-order valence-corrected chi connectivity index (χ1v) is 8.65. The molecule has 0 bridgehead atoms. The quantitative estimate of drug-likeness (QED) is 0.632. The summed E-state index contributed by atoms with van der Waals surface area (Å²) in [5.41, 5.74) is 0.704. The highest BCUT2D eigenvalue weighted by atomic mass is 19.1. The van der Waals surface area contributed by atoms with Gasteiger partial charge in [0.05, 0.1) is 13.7 Å². The first-order chi connectivity index (χ1) is 11.9. The van der Waals surface area contributed by atoms with E-state index in [2.05, 4.69) is 5.32 Å². The van der Waals surface area contributed by atoms with Crippen LogP contribution in [0.15, 0.2) is 18.2 Å². The molecule has 0 aliphatic carbocycles. The van der Waals surface area contributed by atoms with Crippen LogP contribution in [0.4, 0.5) is 4.39 Å². The molecule has 1 aromatic carbocycles. The van der Waals surface area contributed by atoms with E-state index < -0.39 is 5.82 Å². The molecule has 1 rings (SSSR count). The van der Waals surface area contributed by atoms with E-state index in [1.165, 1.54) is 13.2 Å². The summed E-state index contributed by atoms with van der Waals surface area (Å²) in [4.78, 5) is 26.8. The predicted octanol–water partition coefficient (Wildman–Crippen LogP) is 0.224. The standard InChI is InChI=1S/C18H28FN3O3/c1-5-20-17(23)12-21(6-2)13-18(24)22(7-3)11-14-8-9-16(25-4)15(19)10-14/h8-10H,5-7,11-13H2,1-4H3,(H,20,23)/p+1. The van der Waals surface area contributed by atoms with Crippen molar-refractivity contribution in [3.05, 3.63) is 29.6 Å². The van der Waals surface area contributed by atoms with Gasteiger partial charge in [-0.1, -0.05) is 6.07 Å². The second-order valence-electron chi connectivity index (χ2n) is 5.79. The zero-order valence-corrected chi connectivity index (χ0v) is 15.5. The number of amides is 2. The Morgan fingerprint density at radius 2 is 1.96 bits per heavy atom. The van der Waals surface area contributed by atoms with Crippen LogP contribution in [-0.4, -0.2) is 56.5 Å². The normalized spacial score (nSPS) is 11.7. The lowest BCUT2D eigenvalue weighted by atomic mass is 10.2. The molecular formula is C18H29FN3O3+. The van der Waals surface area contributed by atoms with Crippen LogP contribution in [0.5, 0.6) is 5.75 Å². The lowest BCUT2D eigenvalue weighted by Crippen LogP contribution is -3.14. The zero-order chi connectivity index (χ0) is 18.8. The SMILES string of the molecule is CCNC(=O)C[NH+](CC)CC(=O)N(CC)Cc1ccc(OC)c(F)c1. The largest absolute Gasteiger partial charge is 0.494 e. The van der Waals surface area contributed by atoms with Crippen LogP contribution in [0, 0.1) is 5.82 Å². The predicted molar refractivity (Wildman–Crippen MR) is 94.0 cm³/mol. The van der Waals surface area contributed by atoms with Crippen LogP contribution < -0.4 is 15.0 Å². The molecule has 0 radical (unpaired) electrons. The number of nitrogens with zero attached hydrogens (tertiary/aromatic N) is 1. The molecule has 6 nitrogen and oxygen atoms in total. The number of quaternary nitrogens is 1. The van der Waals surface area contributed by atoms with Gasteiger partial charge in [0.2, 0.25) is 0 Å². The highest BCUT2D eigenvalue weighted by Crippen LogP contribution is 2.18. The number of carbonyl (C=O) groups excluding carboxylic acids is 2. The number of ether oxygens (including phenoxy) is 1. The van der Waals surface area contributed by atoms with E-state index >= 15 is 0 Å². The maximum Gasteiger partial charge on any atom is 0.278 e. The smallest absolute Gasteiger partial charge is 0.278 e. The van der Waals surface area contributed by atoms with E-state index in [0.717, 1.165) is 4.90 Å². The Morgan fingerprint density at radius 1 is 1.24 bits per heavy atom. The fourth-order valence-electron chi connectivity index (χ4n) is 2.53. The Bertz CT molecular complexity index is 581. The van der Waals surface area contributed by atoms with E-state index in [1.54, 1.807) is 17.0 Å². The molecule has 2 amide bonds. The van der Waals surface area contributed by atoms with Crippen molar-refractivity contribution < 1.29 is 23.6 Å². The van der Waals surface area contributed by atoms with E-state index in [-0.39, 0.29) is 30.7 Å². The Labute approximate surface area is 148 Å². The lowest BCUT2D eigenvalue weighted by molar-refractivity contribution is -0.882. The Morgan fingerprint density at radius 3 is 2.48 bits per heavy atom. The first kappa shape index (κ1) is 20.9. The molecule has 1 atom stereocenters. The van der Waals surface area contributed by atoms with E-state index in [4.69, 9.17) is 4.74 Å². The molecule has 0 heterocycles. The van der Waals surface area contributed by atoms with Crippen LogP contribution in [0.1, 0.15) is 26.3 Å². The molecule has 0 aliphatic rings. The number of methoxy groups -OCH3 is 1. The van der Waals surface area contributed by atoms with E-state index in [9.17, 15) is 14.0 Å². The van der Waals surface area contributed by atoms with Gasteiger partial charge in [-0.3, -0.25) is 9.59 Å². The molecular weight excluding hydrogens is 325 g/mol. The molecule has 25 heavy (non-hydrogen) atoms. The number of carbonyl (C=O) groups is 2. The minimum Gasteiger partial charge on any atom is -0.494 e. The van der Waals surface area contributed by atoms with Gasteiger partial charge in [0.15, 0.2) is 24.7 Å². The van der Waals surface area contributed by atoms with Crippen LogP contribution in [-0.2, 0) is 16.1 Å². The van der Waals surface area contributed by atoms with Crippen LogP contribution in [0.3, 0.4) is 0 Å². The minimum atomic E-state index is -0.444. The molecule has 0 aromatic heterocycles. The number of benzene rings is 1. The third-order valence-corrected chi connectivity index (χ3v) is 4.01. The van der Waals surface area contributed by atoms with Crippen molar-refractivity contribution >= 4 is 11.8 Å². The van der Waals surface area contributed by atoms with Crippen molar-refractivity contribution in [3.8, 4) is 5.75 Å². The van der Waals surface area contributed by atoms with Crippen LogP contribution in [0.25, 0.3) is 0 Å². The maximum absolute atomic E-state index is 13.8. The Kier molecular flexibility index (Phi) is 8.91. The summed E-state index contributed by atoms with van der Waals surface area (Å²) in [6, 6.07) is 4.69. The van der Waals surface area contributed by atoms with Crippen molar-refractivity contribution in [2.75, 3.05) is 39.8 Å². The molecule has 7 heteroatoms. The molecule has 0 saturated carbocycles.